The van der Waals surface area contributed by atoms with Crippen LogP contribution < -0.4 is 5.32 Å². The van der Waals surface area contributed by atoms with Gasteiger partial charge in [0.05, 0.1) is 10.0 Å². The third kappa shape index (κ3) is 4.88. The third-order valence-electron chi connectivity index (χ3n) is 2.72. The Bertz CT molecular complexity index is 425. The molecule has 1 aromatic carbocycles. The van der Waals surface area contributed by atoms with Gasteiger partial charge in [-0.05, 0) is 31.0 Å². The topological polar surface area (TPSA) is 29.1 Å². The Labute approximate surface area is 122 Å². The highest BCUT2D eigenvalue weighted by atomic mass is 35.5. The zero-order chi connectivity index (χ0) is 13.7. The van der Waals surface area contributed by atoms with Crippen LogP contribution in [0.3, 0.4) is 0 Å². The molecule has 1 rings (SSSR count). The van der Waals surface area contributed by atoms with Gasteiger partial charge >= 0.3 is 0 Å². The van der Waals surface area contributed by atoms with Gasteiger partial charge in [-0.3, -0.25) is 4.21 Å². The zero-order valence-electron chi connectivity index (χ0n) is 10.9. The van der Waals surface area contributed by atoms with E-state index in [1.165, 1.54) is 0 Å². The van der Waals surface area contributed by atoms with E-state index in [0.29, 0.717) is 15.8 Å². The minimum absolute atomic E-state index is 0.204. The minimum atomic E-state index is -0.788. The summed E-state index contributed by atoms with van der Waals surface area (Å²) in [7, 11) is -0.788. The van der Waals surface area contributed by atoms with E-state index in [2.05, 4.69) is 12.2 Å². The van der Waals surface area contributed by atoms with Crippen molar-refractivity contribution < 1.29 is 4.21 Å². The molecule has 3 atom stereocenters. The second-order valence-corrected chi connectivity index (χ2v) is 6.74. The van der Waals surface area contributed by atoms with Gasteiger partial charge in [0.1, 0.15) is 0 Å². The molecule has 2 nitrogen and oxygen atoms in total. The fourth-order valence-corrected chi connectivity index (χ4v) is 3.03. The maximum atomic E-state index is 11.2. The van der Waals surface area contributed by atoms with Gasteiger partial charge in [-0.15, -0.1) is 0 Å². The molecule has 0 aliphatic rings. The van der Waals surface area contributed by atoms with Gasteiger partial charge in [0.2, 0.25) is 0 Å². The van der Waals surface area contributed by atoms with Crippen LogP contribution in [0.2, 0.25) is 10.0 Å². The first-order valence-electron chi connectivity index (χ1n) is 5.95. The summed E-state index contributed by atoms with van der Waals surface area (Å²) in [5.41, 5.74) is 1.11. The molecule has 18 heavy (non-hydrogen) atoms. The number of halogens is 2. The third-order valence-corrected chi connectivity index (χ3v) is 4.43. The fraction of sp³-hybridized carbons (Fsp3) is 0.538. The molecule has 102 valence electrons. The summed E-state index contributed by atoms with van der Waals surface area (Å²) in [5.74, 6) is 0.651. The van der Waals surface area contributed by atoms with Crippen LogP contribution in [-0.4, -0.2) is 22.3 Å². The van der Waals surface area contributed by atoms with Gasteiger partial charge in [0, 0.05) is 34.9 Å². The zero-order valence-corrected chi connectivity index (χ0v) is 13.2. The molecule has 0 spiro atoms. The highest BCUT2D eigenvalue weighted by molar-refractivity contribution is 7.84. The average Bonchev–Trinajstić information content (AvgIpc) is 2.29. The van der Waals surface area contributed by atoms with Gasteiger partial charge in [-0.2, -0.15) is 0 Å². The van der Waals surface area contributed by atoms with Gasteiger partial charge in [0.15, 0.2) is 0 Å². The summed E-state index contributed by atoms with van der Waals surface area (Å²) in [6.07, 6.45) is 2.66. The van der Waals surface area contributed by atoms with Crippen LogP contribution in [0.15, 0.2) is 18.2 Å². The lowest BCUT2D eigenvalue weighted by molar-refractivity contribution is 0.468. The lowest BCUT2D eigenvalue weighted by Crippen LogP contribution is -2.34. The van der Waals surface area contributed by atoms with Crippen molar-refractivity contribution in [2.45, 2.75) is 32.4 Å². The summed E-state index contributed by atoms with van der Waals surface area (Å²) in [5, 5.41) is 4.60. The quantitative estimate of drug-likeness (QED) is 0.866. The molecule has 0 bridgehead atoms. The summed E-state index contributed by atoms with van der Waals surface area (Å²) in [6, 6.07) is 6.09. The molecule has 0 fully saturated rings. The predicted molar refractivity (Wildman–Crippen MR) is 81.0 cm³/mol. The standard InChI is InChI=1S/C13H19Cl2NOS/c1-4-13(16-9(2)8-18(3)17)10-5-6-11(14)12(15)7-10/h5-7,9,13,16H,4,8H2,1-3H3. The Kier molecular flexibility index (Phi) is 6.64. The van der Waals surface area contributed by atoms with Gasteiger partial charge in [0.25, 0.3) is 0 Å². The Hall–Kier alpha value is -0.0900. The summed E-state index contributed by atoms with van der Waals surface area (Å²) in [4.78, 5) is 0. The van der Waals surface area contributed by atoms with Crippen LogP contribution in [-0.2, 0) is 10.8 Å². The van der Waals surface area contributed by atoms with Crippen LogP contribution in [0.25, 0.3) is 0 Å². The molecule has 0 aliphatic heterocycles. The van der Waals surface area contributed by atoms with Crippen molar-refractivity contribution in [1.82, 2.24) is 5.32 Å². The maximum absolute atomic E-state index is 11.2. The lowest BCUT2D eigenvalue weighted by atomic mass is 10.0. The molecular weight excluding hydrogens is 289 g/mol. The summed E-state index contributed by atoms with van der Waals surface area (Å²) in [6.45, 7) is 4.15. The van der Waals surface area contributed by atoms with Crippen LogP contribution in [0, 0.1) is 0 Å². The molecule has 0 aromatic heterocycles. The van der Waals surface area contributed by atoms with Crippen LogP contribution in [0.4, 0.5) is 0 Å². The SMILES string of the molecule is CCC(NC(C)CS(C)=O)c1ccc(Cl)c(Cl)c1. The van der Waals surface area contributed by atoms with E-state index in [-0.39, 0.29) is 12.1 Å². The first-order chi connectivity index (χ1) is 8.43. The Morgan fingerprint density at radius 1 is 1.33 bits per heavy atom. The first-order valence-corrected chi connectivity index (χ1v) is 8.43. The van der Waals surface area contributed by atoms with E-state index in [1.807, 2.05) is 25.1 Å². The van der Waals surface area contributed by atoms with Crippen LogP contribution >= 0.6 is 23.2 Å². The molecular formula is C13H19Cl2NOS. The predicted octanol–water partition coefficient (Wildman–Crippen LogP) is 3.80. The van der Waals surface area contributed by atoms with E-state index in [1.54, 1.807) is 6.26 Å². The van der Waals surface area contributed by atoms with Crippen LogP contribution in [0.5, 0.6) is 0 Å². The fourth-order valence-electron chi connectivity index (χ4n) is 1.92. The molecule has 0 heterocycles. The largest absolute Gasteiger partial charge is 0.307 e. The Morgan fingerprint density at radius 2 is 2.00 bits per heavy atom. The summed E-state index contributed by atoms with van der Waals surface area (Å²) >= 11 is 11.9. The average molecular weight is 308 g/mol. The monoisotopic (exact) mass is 307 g/mol. The highest BCUT2D eigenvalue weighted by Gasteiger charge is 2.14. The van der Waals surface area contributed by atoms with Crippen molar-refractivity contribution in [2.75, 3.05) is 12.0 Å². The maximum Gasteiger partial charge on any atom is 0.0595 e. The smallest absolute Gasteiger partial charge is 0.0595 e. The van der Waals surface area contributed by atoms with Crippen LogP contribution in [0.1, 0.15) is 31.9 Å². The second kappa shape index (κ2) is 7.49. The number of hydrogen-bond donors (Lipinski definition) is 1. The normalized spacial score (nSPS) is 16.3. The van der Waals surface area contributed by atoms with Gasteiger partial charge in [-0.25, -0.2) is 0 Å². The Balaban J connectivity index is 2.76. The number of benzene rings is 1. The second-order valence-electron chi connectivity index (χ2n) is 4.44. The van der Waals surface area contributed by atoms with Crippen molar-refractivity contribution in [3.05, 3.63) is 33.8 Å². The first kappa shape index (κ1) is 16.0. The van der Waals surface area contributed by atoms with Crippen molar-refractivity contribution in [2.24, 2.45) is 0 Å². The van der Waals surface area contributed by atoms with E-state index < -0.39 is 10.8 Å². The molecule has 3 unspecified atom stereocenters. The van der Waals surface area contributed by atoms with Gasteiger partial charge < -0.3 is 5.32 Å². The molecule has 0 saturated heterocycles. The van der Waals surface area contributed by atoms with Crippen molar-refractivity contribution in [3.8, 4) is 0 Å². The molecule has 5 heteroatoms. The molecule has 0 radical (unpaired) electrons. The minimum Gasteiger partial charge on any atom is -0.307 e. The van der Waals surface area contributed by atoms with E-state index in [0.717, 1.165) is 12.0 Å². The Morgan fingerprint density at radius 3 is 2.50 bits per heavy atom. The van der Waals surface area contributed by atoms with E-state index in [9.17, 15) is 4.21 Å². The van der Waals surface area contributed by atoms with Crippen molar-refractivity contribution in [3.63, 3.8) is 0 Å². The molecule has 1 aromatic rings. The van der Waals surface area contributed by atoms with E-state index >= 15 is 0 Å². The number of hydrogen-bond acceptors (Lipinski definition) is 2. The molecule has 0 saturated carbocycles. The molecule has 1 N–H and O–H groups in total. The number of rotatable bonds is 6. The van der Waals surface area contributed by atoms with Crippen molar-refractivity contribution in [1.29, 1.82) is 0 Å². The molecule has 0 amide bonds. The number of nitrogens with one attached hydrogen (secondary N) is 1. The van der Waals surface area contributed by atoms with Crippen molar-refractivity contribution >= 4 is 34.0 Å². The highest BCUT2D eigenvalue weighted by Crippen LogP contribution is 2.27. The van der Waals surface area contributed by atoms with E-state index in [4.69, 9.17) is 23.2 Å². The van der Waals surface area contributed by atoms with Gasteiger partial charge in [-0.1, -0.05) is 36.2 Å². The lowest BCUT2D eigenvalue weighted by Gasteiger charge is -2.22. The molecule has 0 aliphatic carbocycles. The summed E-state index contributed by atoms with van der Waals surface area (Å²) < 4.78 is 11.2.